The molecule has 1 atom stereocenters. The number of aromatic amines is 1. The normalized spacial score (nSPS) is 13.3. The van der Waals surface area contributed by atoms with Gasteiger partial charge in [-0.3, -0.25) is 0 Å². The van der Waals surface area contributed by atoms with Gasteiger partial charge in [0.2, 0.25) is 0 Å². The first kappa shape index (κ1) is 10.2. The van der Waals surface area contributed by atoms with Gasteiger partial charge in [0.25, 0.3) is 0 Å². The van der Waals surface area contributed by atoms with Crippen molar-refractivity contribution in [1.29, 1.82) is 0 Å². The number of halogens is 1. The van der Waals surface area contributed by atoms with E-state index in [1.807, 2.05) is 12.1 Å². The minimum Gasteiger partial charge on any atom is -0.356 e. The van der Waals surface area contributed by atoms with Crippen LogP contribution in [0.4, 0.5) is 4.39 Å². The summed E-state index contributed by atoms with van der Waals surface area (Å²) in [5.41, 5.74) is 7.20. The Kier molecular flexibility index (Phi) is 2.73. The zero-order valence-corrected chi connectivity index (χ0v) is 8.76. The summed E-state index contributed by atoms with van der Waals surface area (Å²) in [7, 11) is 0. The predicted octanol–water partition coefficient (Wildman–Crippen LogP) is 2.44. The number of fused-ring (bicyclic) bond motifs is 1. The van der Waals surface area contributed by atoms with Crippen LogP contribution in [0.2, 0.25) is 0 Å². The second-order valence-corrected chi connectivity index (χ2v) is 4.04. The fourth-order valence-electron chi connectivity index (χ4n) is 1.75. The highest BCUT2D eigenvalue weighted by atomic mass is 19.1. The van der Waals surface area contributed by atoms with Gasteiger partial charge >= 0.3 is 0 Å². The van der Waals surface area contributed by atoms with Crippen LogP contribution in [0.25, 0.3) is 10.9 Å². The Morgan fingerprint density at radius 3 is 2.93 bits per heavy atom. The molecule has 2 aromatic rings. The number of rotatable bonds is 3. The average Bonchev–Trinajstić information content (AvgIpc) is 2.62. The Hall–Kier alpha value is -1.35. The highest BCUT2D eigenvalue weighted by molar-refractivity contribution is 5.80. The summed E-state index contributed by atoms with van der Waals surface area (Å²) in [5, 5.41) is 0.925. The van der Waals surface area contributed by atoms with E-state index in [4.69, 9.17) is 5.73 Å². The predicted molar refractivity (Wildman–Crippen MR) is 60.2 cm³/mol. The summed E-state index contributed by atoms with van der Waals surface area (Å²) in [6, 6.07) is 7.09. The molecule has 1 aromatic heterocycles. The largest absolute Gasteiger partial charge is 0.356 e. The second-order valence-electron chi connectivity index (χ2n) is 4.04. The molecule has 0 saturated carbocycles. The lowest BCUT2D eigenvalue weighted by Crippen LogP contribution is -2.13. The Morgan fingerprint density at radius 1 is 1.47 bits per heavy atom. The van der Waals surface area contributed by atoms with Gasteiger partial charge in [0, 0.05) is 11.1 Å². The first-order valence-electron chi connectivity index (χ1n) is 5.17. The van der Waals surface area contributed by atoms with E-state index in [9.17, 15) is 4.39 Å². The Morgan fingerprint density at radius 2 is 2.27 bits per heavy atom. The molecular formula is C12H15FN2. The van der Waals surface area contributed by atoms with E-state index < -0.39 is 0 Å². The van der Waals surface area contributed by atoms with E-state index in [-0.39, 0.29) is 5.82 Å². The van der Waals surface area contributed by atoms with Crippen LogP contribution in [0.1, 0.15) is 12.6 Å². The minimum absolute atomic E-state index is 0.195. The van der Waals surface area contributed by atoms with Crippen molar-refractivity contribution in [3.05, 3.63) is 35.8 Å². The maximum Gasteiger partial charge on any atom is 0.147 e. The number of H-pyrrole nitrogens is 1. The Labute approximate surface area is 88.3 Å². The smallest absolute Gasteiger partial charge is 0.147 e. The Bertz CT molecular complexity index is 462. The van der Waals surface area contributed by atoms with Crippen LogP contribution in [0.5, 0.6) is 0 Å². The number of para-hydroxylation sites is 1. The van der Waals surface area contributed by atoms with Crippen molar-refractivity contribution in [3.8, 4) is 0 Å². The SMILES string of the molecule is CC(CN)Cc1cc2cccc(F)c2[nH]1. The molecule has 0 fully saturated rings. The molecule has 3 heteroatoms. The van der Waals surface area contributed by atoms with E-state index in [0.29, 0.717) is 18.0 Å². The second kappa shape index (κ2) is 4.03. The fraction of sp³-hybridized carbons (Fsp3) is 0.333. The van der Waals surface area contributed by atoms with Crippen LogP contribution in [-0.4, -0.2) is 11.5 Å². The standard InChI is InChI=1S/C12H15FN2/c1-8(7-14)5-10-6-9-3-2-4-11(13)12(9)15-10/h2-4,6,8,15H,5,7,14H2,1H3. The van der Waals surface area contributed by atoms with Gasteiger partial charge in [0.1, 0.15) is 5.82 Å². The maximum absolute atomic E-state index is 13.4. The van der Waals surface area contributed by atoms with E-state index in [1.165, 1.54) is 6.07 Å². The number of hydrogen-bond donors (Lipinski definition) is 2. The van der Waals surface area contributed by atoms with Crippen molar-refractivity contribution in [2.24, 2.45) is 11.7 Å². The average molecular weight is 206 g/mol. The third-order valence-electron chi connectivity index (χ3n) is 2.63. The molecule has 0 aliphatic heterocycles. The van der Waals surface area contributed by atoms with Crippen molar-refractivity contribution < 1.29 is 4.39 Å². The molecule has 15 heavy (non-hydrogen) atoms. The summed E-state index contributed by atoms with van der Waals surface area (Å²) in [6.45, 7) is 2.74. The zero-order chi connectivity index (χ0) is 10.8. The van der Waals surface area contributed by atoms with Gasteiger partial charge in [-0.1, -0.05) is 19.1 Å². The molecule has 0 aliphatic rings. The lowest BCUT2D eigenvalue weighted by atomic mass is 10.1. The molecule has 0 aliphatic carbocycles. The van der Waals surface area contributed by atoms with Gasteiger partial charge in [-0.2, -0.15) is 0 Å². The zero-order valence-electron chi connectivity index (χ0n) is 8.76. The van der Waals surface area contributed by atoms with Crippen LogP contribution < -0.4 is 5.73 Å². The summed E-state index contributed by atoms with van der Waals surface area (Å²) >= 11 is 0. The van der Waals surface area contributed by atoms with Crippen LogP contribution in [0, 0.1) is 11.7 Å². The van der Waals surface area contributed by atoms with Crippen molar-refractivity contribution in [1.82, 2.24) is 4.98 Å². The summed E-state index contributed by atoms with van der Waals surface area (Å²) in [4.78, 5) is 3.10. The number of aromatic nitrogens is 1. The molecule has 0 saturated heterocycles. The van der Waals surface area contributed by atoms with Gasteiger partial charge < -0.3 is 10.7 Å². The molecule has 0 amide bonds. The van der Waals surface area contributed by atoms with E-state index in [0.717, 1.165) is 17.5 Å². The van der Waals surface area contributed by atoms with Crippen molar-refractivity contribution in [3.63, 3.8) is 0 Å². The third kappa shape index (κ3) is 2.02. The molecule has 1 aromatic carbocycles. The lowest BCUT2D eigenvalue weighted by molar-refractivity contribution is 0.585. The van der Waals surface area contributed by atoms with Crippen molar-refractivity contribution in [2.45, 2.75) is 13.3 Å². The first-order chi connectivity index (χ1) is 7.20. The topological polar surface area (TPSA) is 41.8 Å². The molecular weight excluding hydrogens is 191 g/mol. The van der Waals surface area contributed by atoms with Crippen LogP contribution >= 0.6 is 0 Å². The fourth-order valence-corrected chi connectivity index (χ4v) is 1.75. The number of hydrogen-bond acceptors (Lipinski definition) is 1. The van der Waals surface area contributed by atoms with Crippen molar-refractivity contribution >= 4 is 10.9 Å². The van der Waals surface area contributed by atoms with Gasteiger partial charge in [0.05, 0.1) is 5.52 Å². The summed E-state index contributed by atoms with van der Waals surface area (Å²) in [5.74, 6) is 0.222. The molecule has 1 unspecified atom stereocenters. The Balaban J connectivity index is 2.35. The quantitative estimate of drug-likeness (QED) is 0.795. The van der Waals surface area contributed by atoms with Crippen LogP contribution in [0.3, 0.4) is 0 Å². The highest BCUT2D eigenvalue weighted by Gasteiger charge is 2.07. The minimum atomic E-state index is -0.195. The van der Waals surface area contributed by atoms with E-state index in [1.54, 1.807) is 6.07 Å². The molecule has 2 nitrogen and oxygen atoms in total. The maximum atomic E-state index is 13.4. The van der Waals surface area contributed by atoms with Gasteiger partial charge in [-0.05, 0) is 31.0 Å². The van der Waals surface area contributed by atoms with Crippen LogP contribution in [0.15, 0.2) is 24.3 Å². The molecule has 0 bridgehead atoms. The molecule has 1 heterocycles. The number of nitrogens with one attached hydrogen (secondary N) is 1. The van der Waals surface area contributed by atoms with Gasteiger partial charge in [0.15, 0.2) is 0 Å². The van der Waals surface area contributed by atoms with E-state index in [2.05, 4.69) is 11.9 Å². The van der Waals surface area contributed by atoms with Gasteiger partial charge in [-0.15, -0.1) is 0 Å². The molecule has 80 valence electrons. The van der Waals surface area contributed by atoms with Crippen molar-refractivity contribution in [2.75, 3.05) is 6.54 Å². The van der Waals surface area contributed by atoms with Gasteiger partial charge in [-0.25, -0.2) is 4.39 Å². The lowest BCUT2D eigenvalue weighted by Gasteiger charge is -2.04. The highest BCUT2D eigenvalue weighted by Crippen LogP contribution is 2.19. The molecule has 0 radical (unpaired) electrons. The number of nitrogens with two attached hydrogens (primary N) is 1. The first-order valence-corrected chi connectivity index (χ1v) is 5.17. The summed E-state index contributed by atoms with van der Waals surface area (Å²) in [6.07, 6.45) is 0.866. The third-order valence-corrected chi connectivity index (χ3v) is 2.63. The van der Waals surface area contributed by atoms with E-state index >= 15 is 0 Å². The monoisotopic (exact) mass is 206 g/mol. The summed E-state index contributed by atoms with van der Waals surface area (Å²) < 4.78 is 13.4. The molecule has 2 rings (SSSR count). The number of benzene rings is 1. The molecule has 3 N–H and O–H groups in total. The molecule has 0 spiro atoms. The van der Waals surface area contributed by atoms with Crippen LogP contribution in [-0.2, 0) is 6.42 Å².